The van der Waals surface area contributed by atoms with E-state index in [2.05, 4.69) is 10.6 Å². The van der Waals surface area contributed by atoms with Gasteiger partial charge in [0.15, 0.2) is 0 Å². The fraction of sp³-hybridized carbons (Fsp3) is 0.286. The van der Waals surface area contributed by atoms with Crippen LogP contribution in [0, 0.1) is 0 Å². The highest BCUT2D eigenvalue weighted by atomic mass is 35.5. The van der Waals surface area contributed by atoms with Crippen LogP contribution < -0.4 is 10.6 Å². The smallest absolute Gasteiger partial charge is 0.328 e. The molecule has 0 aliphatic rings. The first kappa shape index (κ1) is 21.4. The van der Waals surface area contributed by atoms with E-state index in [0.717, 1.165) is 5.56 Å². The molecule has 0 radical (unpaired) electrons. The van der Waals surface area contributed by atoms with Crippen LogP contribution in [0.3, 0.4) is 0 Å². The molecule has 0 bridgehead atoms. The summed E-state index contributed by atoms with van der Waals surface area (Å²) in [4.78, 5) is 36.6. The van der Waals surface area contributed by atoms with Crippen molar-refractivity contribution in [1.29, 1.82) is 0 Å². The van der Waals surface area contributed by atoms with Crippen LogP contribution in [0.15, 0.2) is 54.6 Å². The van der Waals surface area contributed by atoms with Gasteiger partial charge >= 0.3 is 5.97 Å². The van der Waals surface area contributed by atoms with Gasteiger partial charge in [-0.2, -0.15) is 0 Å². The lowest BCUT2D eigenvalue weighted by molar-refractivity contribution is -0.145. The molecule has 0 spiro atoms. The maximum atomic E-state index is 12.8. The number of carbonyl (C=O) groups is 3. The van der Waals surface area contributed by atoms with Gasteiger partial charge in [-0.1, -0.05) is 60.1 Å². The first-order valence-corrected chi connectivity index (χ1v) is 9.21. The molecule has 0 saturated heterocycles. The second-order valence-electron chi connectivity index (χ2n) is 6.32. The van der Waals surface area contributed by atoms with Crippen molar-refractivity contribution >= 4 is 29.4 Å². The molecule has 148 valence electrons. The topological polar surface area (TPSA) is 84.5 Å². The zero-order chi connectivity index (χ0) is 20.5. The average molecular weight is 403 g/mol. The summed E-state index contributed by atoms with van der Waals surface area (Å²) in [5.74, 6) is -1.40. The summed E-state index contributed by atoms with van der Waals surface area (Å²) in [5.41, 5.74) is 1.59. The molecule has 2 rings (SSSR count). The Balaban J connectivity index is 2.17. The Morgan fingerprint density at radius 1 is 0.929 bits per heavy atom. The molecule has 6 nitrogen and oxygen atoms in total. The van der Waals surface area contributed by atoms with Crippen LogP contribution in [0.2, 0.25) is 5.02 Å². The third kappa shape index (κ3) is 6.39. The first-order valence-electron chi connectivity index (χ1n) is 8.83. The zero-order valence-corrected chi connectivity index (χ0v) is 16.5. The molecule has 0 unspecified atom stereocenters. The van der Waals surface area contributed by atoms with Crippen molar-refractivity contribution in [1.82, 2.24) is 10.6 Å². The van der Waals surface area contributed by atoms with Crippen LogP contribution in [0.5, 0.6) is 0 Å². The summed E-state index contributed by atoms with van der Waals surface area (Å²) in [6.07, 6.45) is 0.475. The van der Waals surface area contributed by atoms with Crippen molar-refractivity contribution in [2.75, 3.05) is 7.11 Å². The predicted molar refractivity (Wildman–Crippen MR) is 107 cm³/mol. The molecule has 2 atom stereocenters. The summed E-state index contributed by atoms with van der Waals surface area (Å²) in [6.45, 7) is 1.34. The van der Waals surface area contributed by atoms with Gasteiger partial charge in [-0.05, 0) is 17.2 Å². The van der Waals surface area contributed by atoms with Gasteiger partial charge in [0.25, 0.3) is 0 Å². The Kier molecular flexibility index (Phi) is 8.02. The lowest BCUT2D eigenvalue weighted by atomic mass is 10.0. The molecule has 2 aromatic rings. The molecular formula is C21H23ClN2O4. The Morgan fingerprint density at radius 3 is 2.18 bits per heavy atom. The summed E-state index contributed by atoms with van der Waals surface area (Å²) in [5, 5.41) is 5.81. The standard InChI is InChI=1S/C21H23ClN2O4/c1-14(25)23-18(12-15-8-4-3-5-9-15)20(26)24-19(21(27)28-2)13-16-10-6-7-11-17(16)22/h3-11,18-19H,12-13H2,1-2H3,(H,23,25)(H,24,26)/t18-,19+/m0/s1. The minimum absolute atomic E-state index is 0.177. The van der Waals surface area contributed by atoms with E-state index in [1.54, 1.807) is 24.3 Å². The molecule has 0 fully saturated rings. The fourth-order valence-corrected chi connectivity index (χ4v) is 3.01. The fourth-order valence-electron chi connectivity index (χ4n) is 2.80. The average Bonchev–Trinajstić information content (AvgIpc) is 2.68. The number of hydrogen-bond donors (Lipinski definition) is 2. The van der Waals surface area contributed by atoms with Gasteiger partial charge in [0, 0.05) is 24.8 Å². The monoisotopic (exact) mass is 402 g/mol. The normalized spacial score (nSPS) is 12.5. The van der Waals surface area contributed by atoms with Gasteiger partial charge in [0.1, 0.15) is 12.1 Å². The summed E-state index contributed by atoms with van der Waals surface area (Å²) >= 11 is 6.17. The Hall–Kier alpha value is -2.86. The van der Waals surface area contributed by atoms with Crippen LogP contribution in [0.25, 0.3) is 0 Å². The van der Waals surface area contributed by atoms with Crippen molar-refractivity contribution in [2.24, 2.45) is 0 Å². The molecule has 0 aliphatic carbocycles. The number of esters is 1. The second kappa shape index (κ2) is 10.5. The minimum atomic E-state index is -0.926. The van der Waals surface area contributed by atoms with Crippen LogP contribution in [0.4, 0.5) is 0 Å². The van der Waals surface area contributed by atoms with Crippen molar-refractivity contribution in [3.8, 4) is 0 Å². The van der Waals surface area contributed by atoms with Crippen molar-refractivity contribution in [2.45, 2.75) is 31.8 Å². The summed E-state index contributed by atoms with van der Waals surface area (Å²) < 4.78 is 4.82. The van der Waals surface area contributed by atoms with E-state index in [0.29, 0.717) is 17.0 Å². The zero-order valence-electron chi connectivity index (χ0n) is 15.8. The van der Waals surface area contributed by atoms with E-state index in [4.69, 9.17) is 16.3 Å². The van der Waals surface area contributed by atoms with Gasteiger partial charge < -0.3 is 15.4 Å². The number of ether oxygens (including phenoxy) is 1. The number of halogens is 1. The molecule has 0 aliphatic heterocycles. The highest BCUT2D eigenvalue weighted by Crippen LogP contribution is 2.17. The highest BCUT2D eigenvalue weighted by Gasteiger charge is 2.27. The van der Waals surface area contributed by atoms with E-state index >= 15 is 0 Å². The van der Waals surface area contributed by atoms with Crippen LogP contribution in [0.1, 0.15) is 18.1 Å². The van der Waals surface area contributed by atoms with Crippen molar-refractivity contribution < 1.29 is 19.1 Å². The largest absolute Gasteiger partial charge is 0.467 e. The summed E-state index contributed by atoms with van der Waals surface area (Å²) in [6, 6.07) is 14.6. The molecule has 0 heterocycles. The molecule has 0 aromatic heterocycles. The predicted octanol–water partition coefficient (Wildman–Crippen LogP) is 2.29. The van der Waals surface area contributed by atoms with E-state index < -0.39 is 24.0 Å². The molecule has 0 saturated carbocycles. The van der Waals surface area contributed by atoms with Crippen LogP contribution in [-0.2, 0) is 32.0 Å². The Labute approximate surface area is 169 Å². The van der Waals surface area contributed by atoms with Crippen LogP contribution in [-0.4, -0.2) is 37.0 Å². The maximum absolute atomic E-state index is 12.8. The van der Waals surface area contributed by atoms with Crippen molar-refractivity contribution in [3.05, 3.63) is 70.7 Å². The lowest BCUT2D eigenvalue weighted by Crippen LogP contribution is -2.53. The number of carbonyl (C=O) groups excluding carboxylic acids is 3. The van der Waals surface area contributed by atoms with Gasteiger partial charge in [-0.3, -0.25) is 9.59 Å². The van der Waals surface area contributed by atoms with Crippen LogP contribution >= 0.6 is 11.6 Å². The Bertz CT molecular complexity index is 826. The molecule has 2 amide bonds. The number of hydrogen-bond acceptors (Lipinski definition) is 4. The Morgan fingerprint density at radius 2 is 1.57 bits per heavy atom. The molecular weight excluding hydrogens is 380 g/mol. The molecule has 2 N–H and O–H groups in total. The van der Waals surface area contributed by atoms with E-state index in [9.17, 15) is 14.4 Å². The number of amides is 2. The van der Waals surface area contributed by atoms with E-state index in [1.165, 1.54) is 14.0 Å². The van der Waals surface area contributed by atoms with Gasteiger partial charge in [-0.15, -0.1) is 0 Å². The maximum Gasteiger partial charge on any atom is 0.328 e. The van der Waals surface area contributed by atoms with Gasteiger partial charge in [0.2, 0.25) is 11.8 Å². The molecule has 2 aromatic carbocycles. The SMILES string of the molecule is COC(=O)[C@@H](Cc1ccccc1Cl)NC(=O)[C@H](Cc1ccccc1)NC(C)=O. The summed E-state index contributed by atoms with van der Waals surface area (Å²) in [7, 11) is 1.25. The van der Waals surface area contributed by atoms with E-state index in [1.807, 2.05) is 30.3 Å². The van der Waals surface area contributed by atoms with Crippen molar-refractivity contribution in [3.63, 3.8) is 0 Å². The molecule has 28 heavy (non-hydrogen) atoms. The number of methoxy groups -OCH3 is 1. The quantitative estimate of drug-likeness (QED) is 0.663. The first-order chi connectivity index (χ1) is 13.4. The van der Waals surface area contributed by atoms with E-state index in [-0.39, 0.29) is 12.3 Å². The van der Waals surface area contributed by atoms with Gasteiger partial charge in [0.05, 0.1) is 7.11 Å². The number of rotatable bonds is 8. The second-order valence-corrected chi connectivity index (χ2v) is 6.73. The third-order valence-electron chi connectivity index (χ3n) is 4.16. The van der Waals surface area contributed by atoms with Gasteiger partial charge in [-0.25, -0.2) is 4.79 Å². The lowest BCUT2D eigenvalue weighted by Gasteiger charge is -2.22. The molecule has 7 heteroatoms. The third-order valence-corrected chi connectivity index (χ3v) is 4.53. The number of nitrogens with one attached hydrogen (secondary N) is 2. The number of benzene rings is 2. The minimum Gasteiger partial charge on any atom is -0.467 e. The highest BCUT2D eigenvalue weighted by molar-refractivity contribution is 6.31.